The Kier molecular flexibility index (Phi) is 8.93. The predicted molar refractivity (Wildman–Crippen MR) is 146 cm³/mol. The number of hydrogen-bond donors (Lipinski definition) is 1. The topological polar surface area (TPSA) is 116 Å². The summed E-state index contributed by atoms with van der Waals surface area (Å²) in [5.41, 5.74) is 1.19. The molecule has 0 spiro atoms. The van der Waals surface area contributed by atoms with Crippen LogP contribution in [-0.4, -0.2) is 45.5 Å². The van der Waals surface area contributed by atoms with Crippen LogP contribution < -0.4 is 5.32 Å². The molecule has 39 heavy (non-hydrogen) atoms. The van der Waals surface area contributed by atoms with Gasteiger partial charge in [0, 0.05) is 17.6 Å². The summed E-state index contributed by atoms with van der Waals surface area (Å²) in [6, 6.07) is 22.3. The zero-order chi connectivity index (χ0) is 27.8. The van der Waals surface area contributed by atoms with Gasteiger partial charge in [-0.3, -0.25) is 4.79 Å². The number of ketones is 1. The van der Waals surface area contributed by atoms with Crippen LogP contribution in [0.25, 0.3) is 5.57 Å². The molecular formula is C30H29NO7S. The molecule has 1 atom stereocenters. The second-order valence-corrected chi connectivity index (χ2v) is 10.9. The third-order valence-corrected chi connectivity index (χ3v) is 8.16. The summed E-state index contributed by atoms with van der Waals surface area (Å²) in [6.45, 7) is 1.48. The lowest BCUT2D eigenvalue weighted by Crippen LogP contribution is -2.44. The highest BCUT2D eigenvalue weighted by atomic mass is 32.2. The largest absolute Gasteiger partial charge is 0.464 e. The van der Waals surface area contributed by atoms with Gasteiger partial charge < -0.3 is 14.8 Å². The van der Waals surface area contributed by atoms with Crippen LogP contribution in [-0.2, 0) is 30.5 Å². The van der Waals surface area contributed by atoms with Gasteiger partial charge in [0.2, 0.25) is 9.84 Å². The van der Waals surface area contributed by atoms with Gasteiger partial charge in [0.25, 0.3) is 0 Å². The predicted octanol–water partition coefficient (Wildman–Crippen LogP) is 4.75. The number of ether oxygens (including phenoxy) is 2. The van der Waals surface area contributed by atoms with Crippen molar-refractivity contribution in [2.45, 2.75) is 37.1 Å². The molecule has 0 unspecified atom stereocenters. The van der Waals surface area contributed by atoms with Crippen molar-refractivity contribution in [3.63, 3.8) is 0 Å². The number of rotatable bonds is 10. The van der Waals surface area contributed by atoms with Crippen molar-refractivity contribution in [3.8, 4) is 0 Å². The number of carbonyl (C=O) groups excluding carboxylic acids is 3. The molecule has 8 nitrogen and oxygen atoms in total. The Labute approximate surface area is 227 Å². The van der Waals surface area contributed by atoms with Crippen LogP contribution in [0.3, 0.4) is 0 Å². The Hall–Kier alpha value is -4.24. The highest BCUT2D eigenvalue weighted by molar-refractivity contribution is 7.95. The number of amides is 1. The van der Waals surface area contributed by atoms with Crippen LogP contribution in [0, 0.1) is 0 Å². The fraction of sp³-hybridized carbons (Fsp3) is 0.233. The maximum Gasteiger partial charge on any atom is 0.408 e. The molecule has 0 saturated heterocycles. The zero-order valence-electron chi connectivity index (χ0n) is 21.5. The van der Waals surface area contributed by atoms with Gasteiger partial charge in [0.1, 0.15) is 12.6 Å². The van der Waals surface area contributed by atoms with Crippen molar-refractivity contribution in [2.24, 2.45) is 0 Å². The van der Waals surface area contributed by atoms with E-state index in [0.29, 0.717) is 12.0 Å². The monoisotopic (exact) mass is 547 g/mol. The lowest BCUT2D eigenvalue weighted by molar-refractivity contribution is -0.146. The summed E-state index contributed by atoms with van der Waals surface area (Å²) >= 11 is 0. The molecule has 0 saturated carbocycles. The molecule has 202 valence electrons. The van der Waals surface area contributed by atoms with Gasteiger partial charge in [-0.05, 0) is 29.7 Å². The second kappa shape index (κ2) is 12.5. The van der Waals surface area contributed by atoms with E-state index in [1.807, 2.05) is 37.3 Å². The number of sulfone groups is 1. The van der Waals surface area contributed by atoms with Crippen LogP contribution in [0.1, 0.15) is 41.3 Å². The van der Waals surface area contributed by atoms with Crippen LogP contribution in [0.15, 0.2) is 94.7 Å². The van der Waals surface area contributed by atoms with E-state index in [9.17, 15) is 22.8 Å². The van der Waals surface area contributed by atoms with Crippen molar-refractivity contribution >= 4 is 33.3 Å². The molecule has 0 fully saturated rings. The van der Waals surface area contributed by atoms with Gasteiger partial charge in [-0.1, -0.05) is 86.1 Å². The van der Waals surface area contributed by atoms with Crippen LogP contribution >= 0.6 is 0 Å². The van der Waals surface area contributed by atoms with E-state index in [2.05, 4.69) is 5.32 Å². The number of fused-ring (bicyclic) bond motifs is 1. The van der Waals surface area contributed by atoms with Crippen molar-refractivity contribution in [2.75, 3.05) is 13.2 Å². The number of hydrogen-bond acceptors (Lipinski definition) is 7. The van der Waals surface area contributed by atoms with Crippen molar-refractivity contribution in [1.29, 1.82) is 0 Å². The number of esters is 1. The summed E-state index contributed by atoms with van der Waals surface area (Å²) < 4.78 is 37.8. The molecule has 0 radical (unpaired) electrons. The lowest BCUT2D eigenvalue weighted by Gasteiger charge is -2.23. The van der Waals surface area contributed by atoms with Gasteiger partial charge in [-0.25, -0.2) is 18.0 Å². The number of alkyl carbamates (subject to hydrolysis) is 1. The fourth-order valence-corrected chi connectivity index (χ4v) is 5.91. The van der Waals surface area contributed by atoms with Crippen LogP contribution in [0.4, 0.5) is 4.79 Å². The van der Waals surface area contributed by atoms with Gasteiger partial charge in [0.15, 0.2) is 5.78 Å². The van der Waals surface area contributed by atoms with Gasteiger partial charge in [0.05, 0.1) is 16.4 Å². The van der Waals surface area contributed by atoms with Crippen molar-refractivity contribution in [3.05, 3.63) is 107 Å². The maximum absolute atomic E-state index is 13.6. The number of carbonyl (C=O) groups is 3. The van der Waals surface area contributed by atoms with E-state index >= 15 is 0 Å². The molecular weight excluding hydrogens is 518 g/mol. The first-order valence-electron chi connectivity index (χ1n) is 12.6. The minimum Gasteiger partial charge on any atom is -0.464 e. The van der Waals surface area contributed by atoms with E-state index in [1.54, 1.807) is 36.4 Å². The first-order chi connectivity index (χ1) is 18.8. The maximum atomic E-state index is 13.6. The summed E-state index contributed by atoms with van der Waals surface area (Å²) in [6.07, 6.45) is 0.660. The standard InChI is InChI=1S/C30H29NO7S/c1-2-3-18-37-29(33)24(19-21-12-6-4-7-13-21)31-30(34)38-20-26-27(22-14-8-5-9-15-22)28(32)23-16-10-11-17-25(23)39(26,35)36/h4-17,24H,2-3,18-20H2,1H3,(H,31,34)/t24-/m0/s1. The lowest BCUT2D eigenvalue weighted by atomic mass is 9.96. The Bertz CT molecular complexity index is 1480. The highest BCUT2D eigenvalue weighted by Crippen LogP contribution is 2.37. The smallest absolute Gasteiger partial charge is 0.408 e. The molecule has 3 aromatic rings. The molecule has 1 aliphatic rings. The summed E-state index contributed by atoms with van der Waals surface area (Å²) in [7, 11) is -4.15. The summed E-state index contributed by atoms with van der Waals surface area (Å²) in [5, 5.41) is 2.51. The van der Waals surface area contributed by atoms with Crippen molar-refractivity contribution < 1.29 is 32.3 Å². The van der Waals surface area contributed by atoms with E-state index in [1.165, 1.54) is 18.2 Å². The van der Waals surface area contributed by atoms with Gasteiger partial charge >= 0.3 is 12.1 Å². The molecule has 1 aliphatic heterocycles. The fourth-order valence-electron chi connectivity index (χ4n) is 4.24. The normalized spacial score (nSPS) is 14.7. The first-order valence-corrected chi connectivity index (χ1v) is 14.1. The van der Waals surface area contributed by atoms with E-state index < -0.39 is 40.3 Å². The average molecular weight is 548 g/mol. The summed E-state index contributed by atoms with van der Waals surface area (Å²) in [5.74, 6) is -1.10. The SMILES string of the molecule is CCCCOC(=O)[C@H](Cc1ccccc1)NC(=O)OCC1=C(c2ccccc2)C(=O)c2ccccc2S1(=O)=O. The van der Waals surface area contributed by atoms with Crippen molar-refractivity contribution in [1.82, 2.24) is 5.32 Å². The molecule has 1 amide bonds. The average Bonchev–Trinajstić information content (AvgIpc) is 2.95. The molecule has 4 rings (SSSR count). The van der Waals surface area contributed by atoms with E-state index in [4.69, 9.17) is 9.47 Å². The third-order valence-electron chi connectivity index (χ3n) is 6.25. The number of unbranched alkanes of at least 4 members (excludes halogenated alkanes) is 1. The van der Waals surface area contributed by atoms with E-state index in [0.717, 1.165) is 12.0 Å². The molecule has 1 heterocycles. The van der Waals surface area contributed by atoms with Crippen LogP contribution in [0.5, 0.6) is 0 Å². The minimum atomic E-state index is -4.15. The molecule has 0 bridgehead atoms. The molecule has 0 aromatic heterocycles. The molecule has 3 aromatic carbocycles. The number of nitrogens with one attached hydrogen (secondary N) is 1. The first kappa shape index (κ1) is 27.8. The van der Waals surface area contributed by atoms with E-state index in [-0.39, 0.29) is 34.0 Å². The third kappa shape index (κ3) is 6.43. The number of Topliss-reactive ketones (excluding diaryl/α,β-unsaturated/α-hetero) is 1. The molecule has 0 aliphatic carbocycles. The number of allylic oxidation sites excluding steroid dienone is 1. The van der Waals surface area contributed by atoms with Gasteiger partial charge in [-0.2, -0.15) is 0 Å². The molecule has 9 heteroatoms. The Morgan fingerprint density at radius 1 is 0.872 bits per heavy atom. The number of benzene rings is 3. The van der Waals surface area contributed by atoms with Gasteiger partial charge in [-0.15, -0.1) is 0 Å². The Morgan fingerprint density at radius 2 is 1.51 bits per heavy atom. The Balaban J connectivity index is 1.59. The minimum absolute atomic E-state index is 0.0538. The molecule has 1 N–H and O–H groups in total. The van der Waals surface area contributed by atoms with Crippen LogP contribution in [0.2, 0.25) is 0 Å². The zero-order valence-corrected chi connectivity index (χ0v) is 22.3. The quantitative estimate of drug-likeness (QED) is 0.288. The Morgan fingerprint density at radius 3 is 2.21 bits per heavy atom. The second-order valence-electron chi connectivity index (χ2n) is 8.98. The highest BCUT2D eigenvalue weighted by Gasteiger charge is 2.38. The summed E-state index contributed by atoms with van der Waals surface area (Å²) in [4.78, 5) is 38.6.